The number of hydrogen-bond donors (Lipinski definition) is 1. The Morgan fingerprint density at radius 3 is 2.62 bits per heavy atom. The van der Waals surface area contributed by atoms with Gasteiger partial charge in [0.15, 0.2) is 0 Å². The number of fused-ring (bicyclic) bond motifs is 1. The summed E-state index contributed by atoms with van der Waals surface area (Å²) in [5, 5.41) is 8.85. The Kier molecular flexibility index (Phi) is 3.28. The van der Waals surface area contributed by atoms with E-state index in [2.05, 4.69) is 0 Å². The molecule has 2 fully saturated rings. The van der Waals surface area contributed by atoms with Gasteiger partial charge < -0.3 is 5.11 Å². The van der Waals surface area contributed by atoms with E-state index in [0.29, 0.717) is 11.8 Å². The zero-order valence-corrected chi connectivity index (χ0v) is 9.69. The average molecular weight is 225 g/mol. The maximum absolute atomic E-state index is 11.7. The van der Waals surface area contributed by atoms with Gasteiger partial charge in [-0.3, -0.25) is 14.5 Å². The van der Waals surface area contributed by atoms with Crippen LogP contribution in [0.15, 0.2) is 0 Å². The Hall–Kier alpha value is -0.900. The van der Waals surface area contributed by atoms with E-state index in [1.54, 1.807) is 6.92 Å². The fraction of sp³-hybridized carbons (Fsp3) is 0.833. The Labute approximate surface area is 95.6 Å². The number of Topliss-reactive ketones (excluding diaryl/α,β-unsaturated/α-hetero) is 1. The van der Waals surface area contributed by atoms with Crippen molar-refractivity contribution in [1.82, 2.24) is 4.90 Å². The molecule has 16 heavy (non-hydrogen) atoms. The molecule has 2 rings (SSSR count). The predicted octanol–water partition coefficient (Wildman–Crippen LogP) is 1.15. The quantitative estimate of drug-likeness (QED) is 0.782. The number of carboxylic acid groups (broad SMARTS) is 1. The molecule has 1 heterocycles. The van der Waals surface area contributed by atoms with Crippen LogP contribution in [0.2, 0.25) is 0 Å². The first kappa shape index (κ1) is 11.6. The van der Waals surface area contributed by atoms with E-state index in [9.17, 15) is 9.59 Å². The van der Waals surface area contributed by atoms with Crippen molar-refractivity contribution in [2.24, 2.45) is 11.8 Å². The van der Waals surface area contributed by atoms with E-state index in [1.807, 2.05) is 4.90 Å². The molecule has 1 aliphatic heterocycles. The number of aliphatic carboxylic acids is 1. The number of hydrogen-bond acceptors (Lipinski definition) is 3. The van der Waals surface area contributed by atoms with Crippen LogP contribution in [-0.2, 0) is 9.59 Å². The van der Waals surface area contributed by atoms with Crippen molar-refractivity contribution in [3.05, 3.63) is 0 Å². The molecular weight excluding hydrogens is 206 g/mol. The Morgan fingerprint density at radius 1 is 1.31 bits per heavy atom. The summed E-state index contributed by atoms with van der Waals surface area (Å²) in [5.41, 5.74) is 0. The number of carbonyl (C=O) groups excluding carboxylic acids is 1. The second-order valence-electron chi connectivity index (χ2n) is 5.09. The Balaban J connectivity index is 2.13. The van der Waals surface area contributed by atoms with Crippen molar-refractivity contribution < 1.29 is 14.7 Å². The van der Waals surface area contributed by atoms with E-state index in [0.717, 1.165) is 19.4 Å². The normalized spacial score (nSPS) is 34.7. The monoisotopic (exact) mass is 225 g/mol. The van der Waals surface area contributed by atoms with Crippen LogP contribution in [0.1, 0.15) is 32.6 Å². The van der Waals surface area contributed by atoms with Gasteiger partial charge in [0.05, 0.1) is 12.6 Å². The van der Waals surface area contributed by atoms with Crippen molar-refractivity contribution in [2.45, 2.75) is 38.6 Å². The van der Waals surface area contributed by atoms with Crippen molar-refractivity contribution >= 4 is 11.8 Å². The van der Waals surface area contributed by atoms with Gasteiger partial charge in [0.1, 0.15) is 5.78 Å². The van der Waals surface area contributed by atoms with Crippen LogP contribution in [0.5, 0.6) is 0 Å². The summed E-state index contributed by atoms with van der Waals surface area (Å²) in [5.74, 6) is 0.258. The topological polar surface area (TPSA) is 57.6 Å². The highest BCUT2D eigenvalue weighted by atomic mass is 16.4. The van der Waals surface area contributed by atoms with Crippen LogP contribution in [0.3, 0.4) is 0 Å². The first-order chi connectivity index (χ1) is 7.59. The molecule has 1 saturated heterocycles. The fourth-order valence-corrected chi connectivity index (χ4v) is 3.46. The third-order valence-corrected chi connectivity index (χ3v) is 3.99. The minimum absolute atomic E-state index is 0.0112. The highest BCUT2D eigenvalue weighted by Gasteiger charge is 2.44. The van der Waals surface area contributed by atoms with E-state index >= 15 is 0 Å². The zero-order chi connectivity index (χ0) is 11.7. The van der Waals surface area contributed by atoms with Crippen LogP contribution in [0.4, 0.5) is 0 Å². The van der Waals surface area contributed by atoms with Crippen molar-refractivity contribution in [3.8, 4) is 0 Å². The molecule has 1 N–H and O–H groups in total. The first-order valence-electron chi connectivity index (χ1n) is 6.06. The SMILES string of the molecule is CC(=O)C1C2CCCCC2CN1CC(=O)O. The van der Waals surface area contributed by atoms with Crippen molar-refractivity contribution in [2.75, 3.05) is 13.1 Å². The molecule has 3 atom stereocenters. The second kappa shape index (κ2) is 4.53. The first-order valence-corrected chi connectivity index (χ1v) is 6.06. The second-order valence-corrected chi connectivity index (χ2v) is 5.09. The molecule has 90 valence electrons. The lowest BCUT2D eigenvalue weighted by atomic mass is 9.78. The van der Waals surface area contributed by atoms with Gasteiger partial charge in [0, 0.05) is 6.54 Å². The molecule has 4 nitrogen and oxygen atoms in total. The average Bonchev–Trinajstić information content (AvgIpc) is 2.53. The lowest BCUT2D eigenvalue weighted by Crippen LogP contribution is -2.41. The van der Waals surface area contributed by atoms with Gasteiger partial charge in [0.25, 0.3) is 0 Å². The molecule has 4 heteroatoms. The molecule has 0 aromatic carbocycles. The summed E-state index contributed by atoms with van der Waals surface area (Å²) in [4.78, 5) is 24.3. The van der Waals surface area contributed by atoms with E-state index in [4.69, 9.17) is 5.11 Å². The highest BCUT2D eigenvalue weighted by Crippen LogP contribution is 2.40. The summed E-state index contributed by atoms with van der Waals surface area (Å²) in [6.07, 6.45) is 4.66. The number of rotatable bonds is 3. The summed E-state index contributed by atoms with van der Waals surface area (Å²) in [7, 11) is 0. The highest BCUT2D eigenvalue weighted by molar-refractivity contribution is 5.83. The van der Waals surface area contributed by atoms with Gasteiger partial charge >= 0.3 is 5.97 Å². The summed E-state index contributed by atoms with van der Waals surface area (Å²) in [6, 6.07) is -0.138. The summed E-state index contributed by atoms with van der Waals surface area (Å²) < 4.78 is 0. The molecule has 0 radical (unpaired) electrons. The van der Waals surface area contributed by atoms with Crippen molar-refractivity contribution in [1.29, 1.82) is 0 Å². The largest absolute Gasteiger partial charge is 0.480 e. The lowest BCUT2D eigenvalue weighted by molar-refractivity contribution is -0.139. The number of nitrogens with zero attached hydrogens (tertiary/aromatic N) is 1. The minimum Gasteiger partial charge on any atom is -0.480 e. The van der Waals surface area contributed by atoms with Gasteiger partial charge in [0.2, 0.25) is 0 Å². The Morgan fingerprint density at radius 2 is 2.00 bits per heavy atom. The molecule has 0 aromatic heterocycles. The molecule has 0 bridgehead atoms. The smallest absolute Gasteiger partial charge is 0.317 e. The van der Waals surface area contributed by atoms with Gasteiger partial charge in [-0.25, -0.2) is 0 Å². The standard InChI is InChI=1S/C12H19NO3/c1-8(14)12-10-5-3-2-4-9(10)6-13(12)7-11(15)16/h9-10,12H,2-7H2,1H3,(H,15,16). The number of likely N-dealkylation sites (tertiary alicyclic amines) is 1. The molecular formula is C12H19NO3. The third-order valence-electron chi connectivity index (χ3n) is 3.99. The molecule has 1 saturated carbocycles. The van der Waals surface area contributed by atoms with E-state index < -0.39 is 5.97 Å². The predicted molar refractivity (Wildman–Crippen MR) is 59.1 cm³/mol. The molecule has 0 aromatic rings. The number of ketones is 1. The van der Waals surface area contributed by atoms with Gasteiger partial charge in [-0.05, 0) is 31.6 Å². The Bertz CT molecular complexity index is 303. The molecule has 1 aliphatic carbocycles. The molecule has 0 amide bonds. The third kappa shape index (κ3) is 2.12. The summed E-state index contributed by atoms with van der Waals surface area (Å²) in [6.45, 7) is 2.40. The van der Waals surface area contributed by atoms with E-state index in [1.165, 1.54) is 12.8 Å². The van der Waals surface area contributed by atoms with Crippen LogP contribution in [0.25, 0.3) is 0 Å². The molecule has 3 unspecified atom stereocenters. The van der Waals surface area contributed by atoms with E-state index in [-0.39, 0.29) is 18.4 Å². The molecule has 2 aliphatic rings. The van der Waals surface area contributed by atoms with Crippen LogP contribution in [-0.4, -0.2) is 40.9 Å². The summed E-state index contributed by atoms with van der Waals surface area (Å²) >= 11 is 0. The van der Waals surface area contributed by atoms with Crippen molar-refractivity contribution in [3.63, 3.8) is 0 Å². The maximum atomic E-state index is 11.7. The van der Waals surface area contributed by atoms with Gasteiger partial charge in [-0.1, -0.05) is 12.8 Å². The van der Waals surface area contributed by atoms with Gasteiger partial charge in [-0.2, -0.15) is 0 Å². The molecule has 0 spiro atoms. The van der Waals surface area contributed by atoms with Gasteiger partial charge in [-0.15, -0.1) is 0 Å². The lowest BCUT2D eigenvalue weighted by Gasteiger charge is -2.28. The number of carbonyl (C=O) groups is 2. The number of carboxylic acids is 1. The maximum Gasteiger partial charge on any atom is 0.317 e. The van der Waals surface area contributed by atoms with Crippen LogP contribution < -0.4 is 0 Å². The zero-order valence-electron chi connectivity index (χ0n) is 9.69. The fourth-order valence-electron chi connectivity index (χ4n) is 3.46. The van der Waals surface area contributed by atoms with Crippen LogP contribution in [0, 0.1) is 11.8 Å². The van der Waals surface area contributed by atoms with Crippen LogP contribution >= 0.6 is 0 Å². The minimum atomic E-state index is -0.829.